The summed E-state index contributed by atoms with van der Waals surface area (Å²) in [6.45, 7) is 2.18. The van der Waals surface area contributed by atoms with E-state index < -0.39 is 4.92 Å². The lowest BCUT2D eigenvalue weighted by molar-refractivity contribution is -0.386. The summed E-state index contributed by atoms with van der Waals surface area (Å²) in [7, 11) is 0. The maximum Gasteiger partial charge on any atom is 0.310 e. The number of allylic oxidation sites excluding steroid dienone is 1. The number of rotatable bonds is 8. The molecule has 32 heavy (non-hydrogen) atoms. The van der Waals surface area contributed by atoms with Crippen molar-refractivity contribution in [2.75, 3.05) is 18.0 Å². The van der Waals surface area contributed by atoms with Gasteiger partial charge in [-0.1, -0.05) is 12.1 Å². The summed E-state index contributed by atoms with van der Waals surface area (Å²) in [5.74, 6) is 1.07. The second-order valence-electron chi connectivity index (χ2n) is 7.61. The summed E-state index contributed by atoms with van der Waals surface area (Å²) in [5.41, 5.74) is 1.67. The minimum Gasteiger partial charge on any atom is -0.479 e. The zero-order valence-corrected chi connectivity index (χ0v) is 17.6. The molecule has 0 bridgehead atoms. The smallest absolute Gasteiger partial charge is 0.310 e. The number of carbonyl (C=O) groups excluding carboxylic acids is 1. The normalized spacial score (nSPS) is 13.9. The molecule has 0 unspecified atom stereocenters. The molecule has 164 valence electrons. The van der Waals surface area contributed by atoms with Gasteiger partial charge < -0.3 is 14.1 Å². The first-order valence-corrected chi connectivity index (χ1v) is 10.6. The first-order chi connectivity index (χ1) is 15.6. The van der Waals surface area contributed by atoms with E-state index in [2.05, 4.69) is 4.90 Å². The van der Waals surface area contributed by atoms with E-state index in [9.17, 15) is 14.9 Å². The molecule has 1 fully saturated rings. The van der Waals surface area contributed by atoms with Crippen molar-refractivity contribution in [3.63, 3.8) is 0 Å². The second-order valence-corrected chi connectivity index (χ2v) is 7.61. The molecule has 0 saturated carbocycles. The Bertz CT molecular complexity index is 1110. The van der Waals surface area contributed by atoms with Gasteiger partial charge in [-0.25, -0.2) is 0 Å². The van der Waals surface area contributed by atoms with Gasteiger partial charge in [-0.15, -0.1) is 0 Å². The number of furan rings is 1. The minimum atomic E-state index is -0.490. The molecule has 0 amide bonds. The van der Waals surface area contributed by atoms with Crippen LogP contribution in [0.1, 0.15) is 41.1 Å². The van der Waals surface area contributed by atoms with Gasteiger partial charge in [0, 0.05) is 30.4 Å². The van der Waals surface area contributed by atoms with Gasteiger partial charge in [0.05, 0.1) is 4.92 Å². The van der Waals surface area contributed by atoms with Crippen molar-refractivity contribution in [2.45, 2.75) is 25.9 Å². The molecule has 0 N–H and O–H groups in total. The number of benzene rings is 2. The molecular formula is C25H24N2O5. The first kappa shape index (κ1) is 21.4. The van der Waals surface area contributed by atoms with Crippen molar-refractivity contribution in [1.29, 1.82) is 0 Å². The maximum atomic E-state index is 12.5. The number of para-hydroxylation sites is 2. The van der Waals surface area contributed by atoms with Gasteiger partial charge in [-0.3, -0.25) is 14.9 Å². The van der Waals surface area contributed by atoms with E-state index in [1.54, 1.807) is 30.3 Å². The van der Waals surface area contributed by atoms with Gasteiger partial charge in [-0.2, -0.15) is 0 Å². The SMILES string of the molecule is O=C(/C=C/c1ccc(COc2ccccc2[N+](=O)[O-])o1)c1ccc(N2CCCCC2)cc1. The lowest BCUT2D eigenvalue weighted by Crippen LogP contribution is -2.29. The van der Waals surface area contributed by atoms with Crippen LogP contribution < -0.4 is 9.64 Å². The number of ether oxygens (including phenoxy) is 1. The third-order valence-electron chi connectivity index (χ3n) is 5.39. The summed E-state index contributed by atoms with van der Waals surface area (Å²) in [5, 5.41) is 11.1. The average molecular weight is 432 g/mol. The molecule has 7 heteroatoms. The molecule has 0 aliphatic carbocycles. The van der Waals surface area contributed by atoms with Gasteiger partial charge in [0.25, 0.3) is 0 Å². The molecule has 1 aliphatic heterocycles. The highest BCUT2D eigenvalue weighted by Gasteiger charge is 2.14. The van der Waals surface area contributed by atoms with Gasteiger partial charge in [0.2, 0.25) is 0 Å². The van der Waals surface area contributed by atoms with E-state index in [1.807, 2.05) is 24.3 Å². The molecule has 4 rings (SSSR count). The predicted octanol–water partition coefficient (Wildman–Crippen LogP) is 5.65. The van der Waals surface area contributed by atoms with Crippen molar-refractivity contribution in [2.24, 2.45) is 0 Å². The third kappa shape index (κ3) is 5.24. The fourth-order valence-electron chi connectivity index (χ4n) is 3.68. The molecule has 1 saturated heterocycles. The van der Waals surface area contributed by atoms with Crippen LogP contribution in [0.5, 0.6) is 5.75 Å². The van der Waals surface area contributed by atoms with Gasteiger partial charge in [0.1, 0.15) is 18.1 Å². The summed E-state index contributed by atoms with van der Waals surface area (Å²) in [6.07, 6.45) is 6.78. The van der Waals surface area contributed by atoms with Crippen LogP contribution in [0.15, 0.2) is 71.2 Å². The second kappa shape index (κ2) is 9.96. The Morgan fingerprint density at radius 3 is 2.53 bits per heavy atom. The van der Waals surface area contributed by atoms with Crippen molar-refractivity contribution >= 4 is 23.2 Å². The Labute approximate surface area is 186 Å². The van der Waals surface area contributed by atoms with E-state index in [4.69, 9.17) is 9.15 Å². The third-order valence-corrected chi connectivity index (χ3v) is 5.39. The van der Waals surface area contributed by atoms with Crippen LogP contribution >= 0.6 is 0 Å². The van der Waals surface area contributed by atoms with Crippen molar-refractivity contribution in [3.8, 4) is 5.75 Å². The Hall–Kier alpha value is -3.87. The Morgan fingerprint density at radius 1 is 1.03 bits per heavy atom. The zero-order valence-electron chi connectivity index (χ0n) is 17.6. The molecular weight excluding hydrogens is 408 g/mol. The van der Waals surface area contributed by atoms with Crippen LogP contribution in [0.2, 0.25) is 0 Å². The molecule has 0 radical (unpaired) electrons. The number of nitrogens with zero attached hydrogens (tertiary/aromatic N) is 2. The number of nitro groups is 1. The number of piperidine rings is 1. The molecule has 7 nitrogen and oxygen atoms in total. The number of ketones is 1. The Morgan fingerprint density at radius 2 is 1.78 bits per heavy atom. The number of nitro benzene ring substituents is 1. The maximum absolute atomic E-state index is 12.5. The molecule has 2 aromatic carbocycles. The lowest BCUT2D eigenvalue weighted by atomic mass is 10.1. The zero-order chi connectivity index (χ0) is 22.3. The average Bonchev–Trinajstić information content (AvgIpc) is 3.30. The highest BCUT2D eigenvalue weighted by molar-refractivity contribution is 6.06. The summed E-state index contributed by atoms with van der Waals surface area (Å²) >= 11 is 0. The van der Waals surface area contributed by atoms with E-state index in [-0.39, 0.29) is 23.8 Å². The molecule has 0 atom stereocenters. The van der Waals surface area contributed by atoms with Gasteiger partial charge in [-0.05, 0) is 73.9 Å². The monoisotopic (exact) mass is 432 g/mol. The van der Waals surface area contributed by atoms with Crippen LogP contribution in [-0.4, -0.2) is 23.8 Å². The van der Waals surface area contributed by atoms with E-state index in [1.165, 1.54) is 37.5 Å². The summed E-state index contributed by atoms with van der Waals surface area (Å²) < 4.78 is 11.2. The number of anilines is 1. The highest BCUT2D eigenvalue weighted by Crippen LogP contribution is 2.27. The van der Waals surface area contributed by atoms with Gasteiger partial charge >= 0.3 is 5.69 Å². The molecule has 0 spiro atoms. The summed E-state index contributed by atoms with van der Waals surface area (Å²) in [4.78, 5) is 25.4. The Balaban J connectivity index is 1.34. The topological polar surface area (TPSA) is 85.8 Å². The lowest BCUT2D eigenvalue weighted by Gasteiger charge is -2.28. The fourth-order valence-corrected chi connectivity index (χ4v) is 3.68. The highest BCUT2D eigenvalue weighted by atomic mass is 16.6. The first-order valence-electron chi connectivity index (χ1n) is 10.6. The van der Waals surface area contributed by atoms with E-state index in [0.29, 0.717) is 17.1 Å². The van der Waals surface area contributed by atoms with Crippen LogP contribution in [-0.2, 0) is 6.61 Å². The quantitative estimate of drug-likeness (QED) is 0.198. The predicted molar refractivity (Wildman–Crippen MR) is 122 cm³/mol. The molecule has 1 aromatic heterocycles. The van der Waals surface area contributed by atoms with Crippen LogP contribution in [0.25, 0.3) is 6.08 Å². The number of hydrogen-bond acceptors (Lipinski definition) is 6. The van der Waals surface area contributed by atoms with Gasteiger partial charge in [0.15, 0.2) is 11.5 Å². The van der Waals surface area contributed by atoms with Crippen molar-refractivity contribution in [1.82, 2.24) is 0 Å². The molecule has 3 aromatic rings. The van der Waals surface area contributed by atoms with Crippen LogP contribution in [0, 0.1) is 10.1 Å². The van der Waals surface area contributed by atoms with Crippen molar-refractivity contribution < 1.29 is 18.9 Å². The molecule has 2 heterocycles. The number of hydrogen-bond donors (Lipinski definition) is 0. The standard InChI is InChI=1S/C25H24N2O5/c28-24(19-8-10-20(11-9-19)26-16-4-1-5-17-26)15-14-21-12-13-22(32-21)18-31-25-7-3-2-6-23(25)27(29)30/h2-3,6-15H,1,4-5,16-18H2/b15-14+. The van der Waals surface area contributed by atoms with E-state index in [0.717, 1.165) is 18.8 Å². The van der Waals surface area contributed by atoms with E-state index >= 15 is 0 Å². The largest absolute Gasteiger partial charge is 0.479 e. The van der Waals surface area contributed by atoms with Crippen LogP contribution in [0.4, 0.5) is 11.4 Å². The minimum absolute atomic E-state index is 0.0462. The fraction of sp³-hybridized carbons (Fsp3) is 0.240. The van der Waals surface area contributed by atoms with Crippen molar-refractivity contribution in [3.05, 3.63) is 93.9 Å². The Kier molecular flexibility index (Phi) is 6.65. The summed E-state index contributed by atoms with van der Waals surface area (Å²) in [6, 6.07) is 17.3. The van der Waals surface area contributed by atoms with Crippen LogP contribution in [0.3, 0.4) is 0 Å². The number of carbonyl (C=O) groups is 1. The molecule has 1 aliphatic rings.